The average molecular weight is 265 g/mol. The molecule has 1 saturated heterocycles. The number of hydrogen-bond donors (Lipinski definition) is 1. The van der Waals surface area contributed by atoms with Crippen molar-refractivity contribution >= 4 is 0 Å². The molecule has 108 valence electrons. The third-order valence-electron chi connectivity index (χ3n) is 3.93. The summed E-state index contributed by atoms with van der Waals surface area (Å²) in [6, 6.07) is 2.56. The van der Waals surface area contributed by atoms with Crippen LogP contribution >= 0.6 is 0 Å². The fourth-order valence-corrected chi connectivity index (χ4v) is 2.59. The highest BCUT2D eigenvalue weighted by molar-refractivity contribution is 5.05. The number of likely N-dealkylation sites (tertiary alicyclic amines) is 1. The van der Waals surface area contributed by atoms with Gasteiger partial charge in [-0.15, -0.1) is 0 Å². The van der Waals surface area contributed by atoms with Crippen molar-refractivity contribution in [2.75, 3.05) is 13.1 Å². The van der Waals surface area contributed by atoms with Gasteiger partial charge in [-0.3, -0.25) is 4.90 Å². The highest BCUT2D eigenvalue weighted by atomic mass is 16.5. The highest BCUT2D eigenvalue weighted by Crippen LogP contribution is 2.24. The van der Waals surface area contributed by atoms with E-state index in [1.165, 1.54) is 19.5 Å². The van der Waals surface area contributed by atoms with E-state index in [9.17, 15) is 0 Å². The lowest BCUT2D eigenvalue weighted by Crippen LogP contribution is -2.22. The van der Waals surface area contributed by atoms with Gasteiger partial charge in [0, 0.05) is 25.2 Å². The first-order valence-electron chi connectivity index (χ1n) is 7.44. The van der Waals surface area contributed by atoms with Crippen molar-refractivity contribution in [3.8, 4) is 0 Å². The van der Waals surface area contributed by atoms with Gasteiger partial charge < -0.3 is 9.84 Å². The Labute approximate surface area is 116 Å². The van der Waals surface area contributed by atoms with E-state index in [1.54, 1.807) is 0 Å². The van der Waals surface area contributed by atoms with Gasteiger partial charge in [-0.05, 0) is 24.8 Å². The lowest BCUT2D eigenvalue weighted by atomic mass is 9.95. The molecular weight excluding hydrogens is 238 g/mol. The molecule has 1 unspecified atom stereocenters. The molecule has 0 aromatic carbocycles. The van der Waals surface area contributed by atoms with Gasteiger partial charge in [0.05, 0.1) is 12.2 Å². The fraction of sp³-hybridized carbons (Fsp3) is 0.800. The standard InChI is InChI=1S/C15H27N3O/c1-11(2)13-5-6-18(9-13)10-15-7-14(17-19-15)8-16-12(3)4/h7,11-13,16H,5-6,8-10H2,1-4H3. The van der Waals surface area contributed by atoms with Crippen molar-refractivity contribution in [3.05, 3.63) is 17.5 Å². The Morgan fingerprint density at radius 1 is 1.42 bits per heavy atom. The minimum atomic E-state index is 0.477. The second-order valence-corrected chi connectivity index (χ2v) is 6.35. The predicted octanol–water partition coefficient (Wildman–Crippen LogP) is 2.65. The summed E-state index contributed by atoms with van der Waals surface area (Å²) in [5.41, 5.74) is 1.00. The van der Waals surface area contributed by atoms with Crippen LogP contribution in [0.25, 0.3) is 0 Å². The van der Waals surface area contributed by atoms with E-state index in [1.807, 2.05) is 0 Å². The van der Waals surface area contributed by atoms with Crippen LogP contribution in [0, 0.1) is 11.8 Å². The largest absolute Gasteiger partial charge is 0.360 e. The van der Waals surface area contributed by atoms with Crippen LogP contribution in [-0.2, 0) is 13.1 Å². The lowest BCUT2D eigenvalue weighted by Gasteiger charge is -2.16. The van der Waals surface area contributed by atoms with Crippen LogP contribution < -0.4 is 5.32 Å². The summed E-state index contributed by atoms with van der Waals surface area (Å²) >= 11 is 0. The van der Waals surface area contributed by atoms with Crippen LogP contribution in [0.15, 0.2) is 10.6 Å². The third-order valence-corrected chi connectivity index (χ3v) is 3.93. The molecule has 1 atom stereocenters. The first kappa shape index (κ1) is 14.5. The Bertz CT molecular complexity index is 386. The van der Waals surface area contributed by atoms with Crippen LogP contribution in [-0.4, -0.2) is 29.2 Å². The molecule has 0 spiro atoms. The Kier molecular flexibility index (Phi) is 4.99. The van der Waals surface area contributed by atoms with Crippen molar-refractivity contribution < 1.29 is 4.52 Å². The van der Waals surface area contributed by atoms with Crippen LogP contribution in [0.1, 0.15) is 45.6 Å². The van der Waals surface area contributed by atoms with E-state index in [4.69, 9.17) is 4.52 Å². The number of aromatic nitrogens is 1. The molecule has 1 aromatic rings. The van der Waals surface area contributed by atoms with E-state index in [0.29, 0.717) is 6.04 Å². The Balaban J connectivity index is 1.80. The zero-order chi connectivity index (χ0) is 13.8. The molecule has 1 aromatic heterocycles. The van der Waals surface area contributed by atoms with Crippen molar-refractivity contribution in [3.63, 3.8) is 0 Å². The zero-order valence-corrected chi connectivity index (χ0v) is 12.6. The highest BCUT2D eigenvalue weighted by Gasteiger charge is 2.25. The minimum Gasteiger partial charge on any atom is -0.360 e. The maximum absolute atomic E-state index is 5.42. The van der Waals surface area contributed by atoms with Crippen molar-refractivity contribution in [1.29, 1.82) is 0 Å². The molecule has 1 aliphatic rings. The molecule has 4 heteroatoms. The Hall–Kier alpha value is -0.870. The molecule has 4 nitrogen and oxygen atoms in total. The molecule has 19 heavy (non-hydrogen) atoms. The summed E-state index contributed by atoms with van der Waals surface area (Å²) in [6.07, 6.45) is 1.31. The van der Waals surface area contributed by atoms with E-state index in [-0.39, 0.29) is 0 Å². The number of hydrogen-bond acceptors (Lipinski definition) is 4. The minimum absolute atomic E-state index is 0.477. The smallest absolute Gasteiger partial charge is 0.151 e. The summed E-state index contributed by atoms with van der Waals surface area (Å²) in [5, 5.41) is 7.47. The van der Waals surface area contributed by atoms with Gasteiger partial charge in [-0.25, -0.2) is 0 Å². The summed E-state index contributed by atoms with van der Waals surface area (Å²) in [7, 11) is 0. The van der Waals surface area contributed by atoms with Gasteiger partial charge >= 0.3 is 0 Å². The topological polar surface area (TPSA) is 41.3 Å². The van der Waals surface area contributed by atoms with Crippen LogP contribution in [0.2, 0.25) is 0 Å². The van der Waals surface area contributed by atoms with Crippen molar-refractivity contribution in [2.24, 2.45) is 11.8 Å². The molecule has 0 aliphatic carbocycles. The molecule has 0 bridgehead atoms. The quantitative estimate of drug-likeness (QED) is 0.858. The molecule has 2 heterocycles. The van der Waals surface area contributed by atoms with Crippen molar-refractivity contribution in [1.82, 2.24) is 15.4 Å². The predicted molar refractivity (Wildman–Crippen MR) is 76.7 cm³/mol. The third kappa shape index (κ3) is 4.32. The Morgan fingerprint density at radius 2 is 2.21 bits per heavy atom. The fourth-order valence-electron chi connectivity index (χ4n) is 2.59. The molecule has 0 radical (unpaired) electrons. The molecular formula is C15H27N3O. The van der Waals surface area contributed by atoms with E-state index < -0.39 is 0 Å². The normalized spacial score (nSPS) is 20.8. The first-order valence-corrected chi connectivity index (χ1v) is 7.44. The van der Waals surface area contributed by atoms with Gasteiger partial charge in [0.25, 0.3) is 0 Å². The molecule has 2 rings (SSSR count). The van der Waals surface area contributed by atoms with Gasteiger partial charge in [0.2, 0.25) is 0 Å². The van der Waals surface area contributed by atoms with E-state index in [2.05, 4.69) is 49.1 Å². The van der Waals surface area contributed by atoms with Crippen LogP contribution in [0.3, 0.4) is 0 Å². The molecule has 1 aliphatic heterocycles. The number of rotatable bonds is 6. The second kappa shape index (κ2) is 6.53. The maximum atomic E-state index is 5.42. The first-order chi connectivity index (χ1) is 9.04. The maximum Gasteiger partial charge on any atom is 0.151 e. The molecule has 1 fully saturated rings. The lowest BCUT2D eigenvalue weighted by molar-refractivity contribution is 0.256. The van der Waals surface area contributed by atoms with Gasteiger partial charge in [-0.2, -0.15) is 0 Å². The van der Waals surface area contributed by atoms with Crippen molar-refractivity contribution in [2.45, 2.75) is 53.2 Å². The van der Waals surface area contributed by atoms with Gasteiger partial charge in [-0.1, -0.05) is 32.9 Å². The van der Waals surface area contributed by atoms with E-state index in [0.717, 1.165) is 36.4 Å². The zero-order valence-electron chi connectivity index (χ0n) is 12.6. The Morgan fingerprint density at radius 3 is 2.84 bits per heavy atom. The molecule has 1 N–H and O–H groups in total. The second-order valence-electron chi connectivity index (χ2n) is 6.35. The monoisotopic (exact) mass is 265 g/mol. The van der Waals surface area contributed by atoms with Crippen LogP contribution in [0.5, 0.6) is 0 Å². The average Bonchev–Trinajstić information content (AvgIpc) is 2.96. The van der Waals surface area contributed by atoms with E-state index >= 15 is 0 Å². The summed E-state index contributed by atoms with van der Waals surface area (Å²) in [6.45, 7) is 13.0. The molecule has 0 saturated carbocycles. The van der Waals surface area contributed by atoms with Crippen LogP contribution in [0.4, 0.5) is 0 Å². The van der Waals surface area contributed by atoms with Gasteiger partial charge in [0.1, 0.15) is 0 Å². The number of nitrogens with one attached hydrogen (secondary N) is 1. The SMILES string of the molecule is CC(C)NCc1cc(CN2CCC(C(C)C)C2)on1. The van der Waals surface area contributed by atoms with Gasteiger partial charge in [0.15, 0.2) is 5.76 Å². The summed E-state index contributed by atoms with van der Waals surface area (Å²) < 4.78 is 5.42. The number of nitrogens with zero attached hydrogens (tertiary/aromatic N) is 2. The summed E-state index contributed by atoms with van der Waals surface area (Å²) in [5.74, 6) is 2.61. The molecule has 0 amide bonds. The summed E-state index contributed by atoms with van der Waals surface area (Å²) in [4.78, 5) is 2.48.